The lowest BCUT2D eigenvalue weighted by Gasteiger charge is -2.39. The minimum absolute atomic E-state index is 0.334. The molecule has 3 aromatic heterocycles. The Labute approximate surface area is 497 Å². The van der Waals surface area contributed by atoms with Gasteiger partial charge < -0.3 is 65.3 Å². The molecule has 0 radical (unpaired) electrons. The summed E-state index contributed by atoms with van der Waals surface area (Å²) >= 11 is -0.673. The molecular formula is C56H34F18N4O10S2. The van der Waals surface area contributed by atoms with Crippen LogP contribution in [0.2, 0.25) is 0 Å². The molecule has 4 aromatic carbocycles. The highest BCUT2D eigenvalue weighted by Crippen LogP contribution is 2.46. The number of rotatable bonds is 10. The summed E-state index contributed by atoms with van der Waals surface area (Å²) in [7, 11) is 0. The third kappa shape index (κ3) is 10.1. The average Bonchev–Trinajstić information content (AvgIpc) is 1.47. The summed E-state index contributed by atoms with van der Waals surface area (Å²) in [6.07, 6.45) is -15.4. The standard InChI is InChI=1S/C56H34F18N4O10S2/c57-29-25(30(58)38(66)41(69)37(29)65)21-11-1-2-12(75-11)22(26-31(59)39(67)42(70)40(68)32(26)60)14-4-6-16(77-14)24(28-35(63)45(73)54(46(74)36(28)64)90-56-52(86)50(84)48(82)20(10-80)88-56)18-8-7-17(78-18)23(15-5-3-13(21)76-15)27-33(61)43(71)53(44(72)34(27)62)89-55-51(85)49(83)47(81)19(9-79)87-55/h1-8,19-21,47-52,55-56,75-76,78-86H,9-10H2/t19-,20-,21-,47-,48?,49+,50+,51+,52+,55-,56-/m1/s1. The molecule has 0 amide bonds. The van der Waals surface area contributed by atoms with Gasteiger partial charge in [-0.3, -0.25) is 0 Å². The smallest absolute Gasteiger partial charge is 0.200 e. The van der Waals surface area contributed by atoms with Crippen molar-refractivity contribution in [1.82, 2.24) is 15.0 Å². The number of aliphatic imine (C=N–C) groups is 1. The number of aliphatic hydroxyl groups excluding tert-OH is 8. The van der Waals surface area contributed by atoms with Gasteiger partial charge in [-0.15, -0.1) is 0 Å². The average molecular weight is 1330 g/mol. The highest BCUT2D eigenvalue weighted by molar-refractivity contribution is 8.00. The van der Waals surface area contributed by atoms with Crippen LogP contribution in [0.1, 0.15) is 50.9 Å². The van der Waals surface area contributed by atoms with Crippen molar-refractivity contribution in [2.24, 2.45) is 4.99 Å². The quantitative estimate of drug-likeness (QED) is 0.0407. The van der Waals surface area contributed by atoms with Gasteiger partial charge in [0.15, 0.2) is 93.1 Å². The molecule has 8 bridgehead atoms. The third-order valence-electron chi connectivity index (χ3n) is 15.1. The first-order valence-electron chi connectivity index (χ1n) is 25.6. The number of allylic oxidation sites excluding steroid dienone is 2. The Morgan fingerprint density at radius 2 is 0.733 bits per heavy atom. The molecule has 476 valence electrons. The first-order chi connectivity index (χ1) is 42.6. The lowest BCUT2D eigenvalue weighted by atomic mass is 9.91. The van der Waals surface area contributed by atoms with Crippen LogP contribution in [0.15, 0.2) is 69.0 Å². The van der Waals surface area contributed by atoms with Crippen molar-refractivity contribution in [3.8, 4) is 0 Å². The number of aromatic amines is 3. The van der Waals surface area contributed by atoms with Crippen LogP contribution in [0.25, 0.3) is 16.7 Å². The molecule has 7 aromatic rings. The zero-order valence-corrected chi connectivity index (χ0v) is 45.5. The number of fused-ring (bicyclic) bond motifs is 7. The molecule has 2 saturated heterocycles. The molecule has 2 fully saturated rings. The lowest BCUT2D eigenvalue weighted by Crippen LogP contribution is -2.57. The first kappa shape index (κ1) is 64.2. The Morgan fingerprint density at radius 3 is 1.16 bits per heavy atom. The zero-order valence-electron chi connectivity index (χ0n) is 43.8. The van der Waals surface area contributed by atoms with Gasteiger partial charge in [0.1, 0.15) is 59.7 Å². The van der Waals surface area contributed by atoms with Gasteiger partial charge in [-0.1, -0.05) is 23.5 Å². The van der Waals surface area contributed by atoms with Crippen molar-refractivity contribution in [3.05, 3.63) is 215 Å². The lowest BCUT2D eigenvalue weighted by molar-refractivity contribution is -0.205. The van der Waals surface area contributed by atoms with E-state index in [1.807, 2.05) is 0 Å². The van der Waals surface area contributed by atoms with Gasteiger partial charge >= 0.3 is 0 Å². The number of halogens is 18. The Hall–Kier alpha value is -7.35. The minimum atomic E-state index is -2.74. The number of aromatic nitrogens is 3. The van der Waals surface area contributed by atoms with Gasteiger partial charge in [0, 0.05) is 55.8 Å². The normalized spacial score (nSPS) is 24.5. The van der Waals surface area contributed by atoms with Gasteiger partial charge in [0.2, 0.25) is 11.6 Å². The fourth-order valence-corrected chi connectivity index (χ4v) is 12.8. The molecule has 0 saturated carbocycles. The molecule has 11 N–H and O–H groups in total. The number of ether oxygens (including phenoxy) is 2. The van der Waals surface area contributed by atoms with Gasteiger partial charge in [-0.2, -0.15) is 0 Å². The van der Waals surface area contributed by atoms with Gasteiger partial charge in [0.25, 0.3) is 0 Å². The van der Waals surface area contributed by atoms with Crippen molar-refractivity contribution in [1.29, 1.82) is 0 Å². The number of hydrogen-bond acceptors (Lipinski definition) is 13. The summed E-state index contributed by atoms with van der Waals surface area (Å²) in [4.78, 5) is 7.79. The van der Waals surface area contributed by atoms with Crippen molar-refractivity contribution in [2.75, 3.05) is 13.2 Å². The van der Waals surface area contributed by atoms with E-state index in [2.05, 4.69) is 19.9 Å². The van der Waals surface area contributed by atoms with Crippen LogP contribution in [0.4, 0.5) is 79.0 Å². The predicted molar refractivity (Wildman–Crippen MR) is 274 cm³/mol. The van der Waals surface area contributed by atoms with E-state index >= 15 is 70.2 Å². The topological polar surface area (TPSA) is 240 Å². The van der Waals surface area contributed by atoms with Gasteiger partial charge in [-0.05, 0) is 48.6 Å². The molecular weight excluding hydrogens is 1290 g/mol. The minimum Gasteiger partial charge on any atom is -0.394 e. The monoisotopic (exact) mass is 1330 g/mol. The molecule has 0 spiro atoms. The molecule has 14 nitrogen and oxygen atoms in total. The zero-order chi connectivity index (χ0) is 65.3. The molecule has 7 heterocycles. The molecule has 1 unspecified atom stereocenters. The van der Waals surface area contributed by atoms with Crippen LogP contribution in [0.3, 0.4) is 0 Å². The van der Waals surface area contributed by atoms with Crippen LogP contribution in [0, 0.1) is 105 Å². The van der Waals surface area contributed by atoms with Crippen LogP contribution < -0.4 is 10.7 Å². The van der Waals surface area contributed by atoms with Crippen LogP contribution in [0.5, 0.6) is 0 Å². The summed E-state index contributed by atoms with van der Waals surface area (Å²) in [5, 5.41) is 79.9. The van der Waals surface area contributed by atoms with E-state index in [1.54, 1.807) is 0 Å². The van der Waals surface area contributed by atoms with E-state index in [0.717, 1.165) is 0 Å². The van der Waals surface area contributed by atoms with Gasteiger partial charge in [0.05, 0.1) is 57.0 Å². The number of hydrogen-bond donors (Lipinski definition) is 11. The summed E-state index contributed by atoms with van der Waals surface area (Å²) in [6.45, 7) is -2.20. The highest BCUT2D eigenvalue weighted by Gasteiger charge is 2.47. The highest BCUT2D eigenvalue weighted by atomic mass is 32.2. The third-order valence-corrected chi connectivity index (χ3v) is 17.5. The molecule has 34 heteroatoms. The Kier molecular flexibility index (Phi) is 17.1. The van der Waals surface area contributed by atoms with E-state index in [1.165, 1.54) is 0 Å². The second kappa shape index (κ2) is 24.0. The number of H-pyrrole nitrogens is 3. The number of benzene rings is 4. The second-order valence-electron chi connectivity index (χ2n) is 20.2. The van der Waals surface area contributed by atoms with E-state index in [0.29, 0.717) is 48.6 Å². The number of aliphatic hydroxyl groups is 8. The van der Waals surface area contributed by atoms with Crippen molar-refractivity contribution in [2.45, 2.75) is 75.4 Å². The molecule has 4 aliphatic rings. The van der Waals surface area contributed by atoms with Crippen molar-refractivity contribution < 1.29 is 129 Å². The molecule has 11 rings (SSSR count). The molecule has 11 atom stereocenters. The summed E-state index contributed by atoms with van der Waals surface area (Å²) in [5.41, 5.74) is -21.2. The Bertz CT molecular complexity index is 4270. The Morgan fingerprint density at radius 1 is 0.378 bits per heavy atom. The SMILES string of the molecule is OC[C@H]1O[C@H](Sc2c(F)c(F)c(C3=c4ccc([nH]4)=C(c4c(F)c(F)c(S[C@H]5O[C@H](CO)[C@@H](O)[C@H](O)[C@@H]5O)c(F)c4F)c4ccc([nH]4)[C@H](c4c(F)c(F)c(F)c(F)c4F)c4ccc([nH]4)C(c4c(F)c(F)c(F)c(F)c4F)=C4C=CC3=N4)c(F)c2F)[C@@H](O)[C@@H](O)C1O. The second-order valence-corrected chi connectivity index (χ2v) is 22.4. The van der Waals surface area contributed by atoms with Crippen molar-refractivity contribution >= 4 is 46.0 Å². The number of nitrogens with one attached hydrogen (secondary N) is 3. The number of nitrogens with zero attached hydrogens (tertiary/aromatic N) is 1. The van der Waals surface area contributed by atoms with Crippen LogP contribution in [-0.2, 0) is 9.47 Å². The predicted octanol–water partition coefficient (Wildman–Crippen LogP) is 6.37. The van der Waals surface area contributed by atoms with E-state index in [4.69, 9.17) is 9.47 Å². The van der Waals surface area contributed by atoms with Crippen LogP contribution >= 0.6 is 23.5 Å². The largest absolute Gasteiger partial charge is 0.394 e. The molecule has 0 aliphatic carbocycles. The van der Waals surface area contributed by atoms with Gasteiger partial charge in [-0.25, -0.2) is 84.0 Å². The fourth-order valence-electron chi connectivity index (χ4n) is 10.6. The maximum atomic E-state index is 17.2. The maximum Gasteiger partial charge on any atom is 0.200 e. The van der Waals surface area contributed by atoms with Crippen LogP contribution in [-0.4, -0.2) is 134 Å². The summed E-state index contributed by atoms with van der Waals surface area (Å²) < 4.78 is 301. The summed E-state index contributed by atoms with van der Waals surface area (Å²) in [5.74, 6) is -48.2. The fraction of sp³-hybridized carbons (Fsp3) is 0.232. The Balaban J connectivity index is 1.25. The van der Waals surface area contributed by atoms with E-state index in [-0.39, 0.29) is 23.5 Å². The van der Waals surface area contributed by atoms with E-state index in [9.17, 15) is 49.6 Å². The van der Waals surface area contributed by atoms with Crippen molar-refractivity contribution in [3.63, 3.8) is 0 Å². The maximum absolute atomic E-state index is 17.2. The van der Waals surface area contributed by atoms with E-state index < -0.39 is 277 Å². The molecule has 90 heavy (non-hydrogen) atoms. The molecule has 4 aliphatic heterocycles. The number of thioether (sulfide) groups is 2. The summed E-state index contributed by atoms with van der Waals surface area (Å²) in [6, 6.07) is 3.99. The first-order valence-corrected chi connectivity index (χ1v) is 27.4.